The molecule has 1 amide bonds. The van der Waals surface area contributed by atoms with Crippen molar-refractivity contribution in [1.29, 1.82) is 0 Å². The topological polar surface area (TPSA) is 69.2 Å². The molecule has 3 rings (SSSR count). The van der Waals surface area contributed by atoms with Gasteiger partial charge in [0, 0.05) is 0 Å². The van der Waals surface area contributed by atoms with Crippen molar-refractivity contribution in [3.8, 4) is 17.2 Å². The molecule has 0 aliphatic rings. The van der Waals surface area contributed by atoms with Gasteiger partial charge in [0.2, 0.25) is 0 Å². The molecule has 0 fully saturated rings. The number of benzene rings is 3. The van der Waals surface area contributed by atoms with Gasteiger partial charge in [0.05, 0.1) is 20.4 Å². The van der Waals surface area contributed by atoms with Crippen LogP contribution in [-0.2, 0) is 4.79 Å². The number of hydrogen-bond acceptors (Lipinski definition) is 5. The summed E-state index contributed by atoms with van der Waals surface area (Å²) in [5.74, 6) is 1.50. The lowest BCUT2D eigenvalue weighted by Gasteiger charge is -2.07. The number of methoxy groups -OCH3 is 2. The van der Waals surface area contributed by atoms with Gasteiger partial charge in [-0.05, 0) is 46.7 Å². The molecular formula is C21H20N2O4. The lowest BCUT2D eigenvalue weighted by atomic mass is 10.1. The van der Waals surface area contributed by atoms with Crippen LogP contribution in [0.1, 0.15) is 5.56 Å². The van der Waals surface area contributed by atoms with E-state index in [1.54, 1.807) is 26.4 Å². The van der Waals surface area contributed by atoms with Gasteiger partial charge < -0.3 is 14.2 Å². The number of nitrogens with zero attached hydrogens (tertiary/aromatic N) is 1. The zero-order valence-corrected chi connectivity index (χ0v) is 15.1. The lowest BCUT2D eigenvalue weighted by molar-refractivity contribution is -0.123. The third-order valence-corrected chi connectivity index (χ3v) is 3.90. The van der Waals surface area contributed by atoms with Crippen molar-refractivity contribution in [2.75, 3.05) is 20.8 Å². The van der Waals surface area contributed by atoms with Gasteiger partial charge >= 0.3 is 0 Å². The first-order chi connectivity index (χ1) is 13.2. The average molecular weight is 364 g/mol. The van der Waals surface area contributed by atoms with Gasteiger partial charge in [-0.1, -0.05) is 30.3 Å². The molecule has 0 atom stereocenters. The van der Waals surface area contributed by atoms with E-state index < -0.39 is 0 Å². The number of nitrogens with one attached hydrogen (secondary N) is 1. The number of amides is 1. The molecule has 3 aromatic rings. The Morgan fingerprint density at radius 3 is 2.52 bits per heavy atom. The number of hydrogen-bond donors (Lipinski definition) is 1. The maximum Gasteiger partial charge on any atom is 0.277 e. The molecule has 0 bridgehead atoms. The summed E-state index contributed by atoms with van der Waals surface area (Å²) < 4.78 is 15.9. The summed E-state index contributed by atoms with van der Waals surface area (Å²) >= 11 is 0. The SMILES string of the molecule is COc1ccc(/C=N/NC(=O)COc2ccc3ccccc3c2)cc1OC. The Hall–Kier alpha value is -3.54. The molecule has 6 nitrogen and oxygen atoms in total. The van der Waals surface area contributed by atoms with E-state index in [0.717, 1.165) is 16.3 Å². The van der Waals surface area contributed by atoms with E-state index in [1.165, 1.54) is 6.21 Å². The van der Waals surface area contributed by atoms with Crippen LogP contribution in [0, 0.1) is 0 Å². The van der Waals surface area contributed by atoms with Gasteiger partial charge in [-0.2, -0.15) is 5.10 Å². The summed E-state index contributed by atoms with van der Waals surface area (Å²) in [6.45, 7) is -0.123. The summed E-state index contributed by atoms with van der Waals surface area (Å²) in [6, 6.07) is 19.0. The molecule has 6 heteroatoms. The Balaban J connectivity index is 1.53. The maximum atomic E-state index is 11.9. The average Bonchev–Trinajstić information content (AvgIpc) is 2.72. The van der Waals surface area contributed by atoms with Crippen LogP contribution in [0.15, 0.2) is 65.8 Å². The highest BCUT2D eigenvalue weighted by atomic mass is 16.5. The van der Waals surface area contributed by atoms with Crippen molar-refractivity contribution in [3.05, 3.63) is 66.2 Å². The van der Waals surface area contributed by atoms with Gasteiger partial charge in [0.15, 0.2) is 18.1 Å². The predicted octanol–water partition coefficient (Wildman–Crippen LogP) is 3.39. The Bertz CT molecular complexity index is 969. The highest BCUT2D eigenvalue weighted by Crippen LogP contribution is 2.26. The monoisotopic (exact) mass is 364 g/mol. The molecule has 0 spiro atoms. The lowest BCUT2D eigenvalue weighted by Crippen LogP contribution is -2.24. The van der Waals surface area contributed by atoms with E-state index in [-0.39, 0.29) is 12.5 Å². The summed E-state index contributed by atoms with van der Waals surface area (Å²) in [6.07, 6.45) is 1.52. The molecule has 0 saturated heterocycles. The molecule has 0 heterocycles. The molecule has 138 valence electrons. The van der Waals surface area contributed by atoms with E-state index in [4.69, 9.17) is 14.2 Å². The maximum absolute atomic E-state index is 11.9. The number of carbonyl (C=O) groups is 1. The van der Waals surface area contributed by atoms with E-state index in [0.29, 0.717) is 17.2 Å². The highest BCUT2D eigenvalue weighted by Gasteiger charge is 2.04. The first kappa shape index (κ1) is 18.3. The number of ether oxygens (including phenoxy) is 3. The molecule has 0 unspecified atom stereocenters. The van der Waals surface area contributed by atoms with E-state index in [9.17, 15) is 4.79 Å². The van der Waals surface area contributed by atoms with Crippen LogP contribution in [0.5, 0.6) is 17.2 Å². The summed E-state index contributed by atoms with van der Waals surface area (Å²) in [5, 5.41) is 6.11. The molecule has 0 saturated carbocycles. The largest absolute Gasteiger partial charge is 0.493 e. The fraction of sp³-hybridized carbons (Fsp3) is 0.143. The van der Waals surface area contributed by atoms with Crippen molar-refractivity contribution in [3.63, 3.8) is 0 Å². The number of hydrazone groups is 1. The normalized spacial score (nSPS) is 10.7. The van der Waals surface area contributed by atoms with Crippen LogP contribution in [0.25, 0.3) is 10.8 Å². The third-order valence-electron chi connectivity index (χ3n) is 3.90. The summed E-state index contributed by atoms with van der Waals surface area (Å²) in [5.41, 5.74) is 3.21. The van der Waals surface area contributed by atoms with Crippen LogP contribution >= 0.6 is 0 Å². The zero-order chi connectivity index (χ0) is 19.1. The van der Waals surface area contributed by atoms with Crippen molar-refractivity contribution < 1.29 is 19.0 Å². The van der Waals surface area contributed by atoms with Crippen LogP contribution in [0.3, 0.4) is 0 Å². The Morgan fingerprint density at radius 2 is 1.74 bits per heavy atom. The Morgan fingerprint density at radius 1 is 0.963 bits per heavy atom. The molecule has 3 aromatic carbocycles. The smallest absolute Gasteiger partial charge is 0.277 e. The zero-order valence-electron chi connectivity index (χ0n) is 15.1. The first-order valence-electron chi connectivity index (χ1n) is 8.35. The van der Waals surface area contributed by atoms with Crippen LogP contribution in [0.4, 0.5) is 0 Å². The van der Waals surface area contributed by atoms with Crippen molar-refractivity contribution in [2.24, 2.45) is 5.10 Å². The molecule has 0 aromatic heterocycles. The van der Waals surface area contributed by atoms with Crippen LogP contribution < -0.4 is 19.6 Å². The number of carbonyl (C=O) groups excluding carboxylic acids is 1. The van der Waals surface area contributed by atoms with Crippen LogP contribution in [0.2, 0.25) is 0 Å². The van der Waals surface area contributed by atoms with Gasteiger partial charge in [-0.15, -0.1) is 0 Å². The predicted molar refractivity (Wildman–Crippen MR) is 105 cm³/mol. The summed E-state index contributed by atoms with van der Waals surface area (Å²) in [7, 11) is 3.13. The van der Waals surface area contributed by atoms with Crippen molar-refractivity contribution >= 4 is 22.9 Å². The number of fused-ring (bicyclic) bond motifs is 1. The first-order valence-corrected chi connectivity index (χ1v) is 8.35. The Labute approximate surface area is 157 Å². The van der Waals surface area contributed by atoms with E-state index >= 15 is 0 Å². The molecule has 27 heavy (non-hydrogen) atoms. The molecule has 0 radical (unpaired) electrons. The minimum atomic E-state index is -0.347. The van der Waals surface area contributed by atoms with Gasteiger partial charge in [-0.25, -0.2) is 5.43 Å². The second-order valence-corrected chi connectivity index (χ2v) is 5.71. The van der Waals surface area contributed by atoms with Gasteiger partial charge in [-0.3, -0.25) is 4.79 Å². The molecule has 0 aliphatic heterocycles. The van der Waals surface area contributed by atoms with E-state index in [1.807, 2.05) is 48.5 Å². The second kappa shape index (κ2) is 8.71. The van der Waals surface area contributed by atoms with Crippen molar-refractivity contribution in [2.45, 2.75) is 0 Å². The van der Waals surface area contributed by atoms with Gasteiger partial charge in [0.1, 0.15) is 5.75 Å². The molecule has 0 aliphatic carbocycles. The minimum absolute atomic E-state index is 0.123. The molecular weight excluding hydrogens is 344 g/mol. The summed E-state index contributed by atoms with van der Waals surface area (Å²) in [4.78, 5) is 11.9. The number of rotatable bonds is 7. The Kier molecular flexibility index (Phi) is 5.89. The fourth-order valence-electron chi connectivity index (χ4n) is 2.55. The van der Waals surface area contributed by atoms with Crippen molar-refractivity contribution in [1.82, 2.24) is 5.43 Å². The fourth-order valence-corrected chi connectivity index (χ4v) is 2.55. The molecule has 1 N–H and O–H groups in total. The van der Waals surface area contributed by atoms with Gasteiger partial charge in [0.25, 0.3) is 5.91 Å². The highest BCUT2D eigenvalue weighted by molar-refractivity contribution is 5.85. The third kappa shape index (κ3) is 4.76. The standard InChI is InChI=1S/C21H20N2O4/c1-25-19-10-7-15(11-20(19)26-2)13-22-23-21(24)14-27-18-9-8-16-5-3-4-6-17(16)12-18/h3-13H,14H2,1-2H3,(H,23,24)/b22-13+. The van der Waals surface area contributed by atoms with Crippen LogP contribution in [-0.4, -0.2) is 32.9 Å². The van der Waals surface area contributed by atoms with E-state index in [2.05, 4.69) is 10.5 Å². The quantitative estimate of drug-likeness (QED) is 0.515. The second-order valence-electron chi connectivity index (χ2n) is 5.71. The minimum Gasteiger partial charge on any atom is -0.493 e.